The predicted molar refractivity (Wildman–Crippen MR) is 146 cm³/mol. The van der Waals surface area contributed by atoms with Crippen LogP contribution in [0.15, 0.2) is 83.8 Å². The second-order valence-corrected chi connectivity index (χ2v) is 11.4. The van der Waals surface area contributed by atoms with Crippen LogP contribution in [0, 0.1) is 18.7 Å². The molecule has 0 fully saturated rings. The molecule has 3 rings (SSSR count). The summed E-state index contributed by atoms with van der Waals surface area (Å²) >= 11 is 0. The first-order valence-electron chi connectivity index (χ1n) is 12.5. The largest absolute Gasteiger partial charge is 0.354 e. The number of anilines is 1. The molecular formula is C29H34FN3O4S. The van der Waals surface area contributed by atoms with E-state index in [0.29, 0.717) is 6.54 Å². The maximum atomic E-state index is 14.9. The van der Waals surface area contributed by atoms with Crippen molar-refractivity contribution in [2.24, 2.45) is 5.92 Å². The van der Waals surface area contributed by atoms with Gasteiger partial charge in [-0.3, -0.25) is 13.9 Å². The number of nitrogens with zero attached hydrogens (tertiary/aromatic N) is 2. The predicted octanol–water partition coefficient (Wildman–Crippen LogP) is 4.52. The Morgan fingerprint density at radius 1 is 0.895 bits per heavy atom. The van der Waals surface area contributed by atoms with E-state index in [1.54, 1.807) is 25.1 Å². The van der Waals surface area contributed by atoms with Crippen LogP contribution in [0.1, 0.15) is 31.9 Å². The van der Waals surface area contributed by atoms with Crippen LogP contribution < -0.4 is 9.62 Å². The van der Waals surface area contributed by atoms with Gasteiger partial charge >= 0.3 is 0 Å². The number of rotatable bonds is 11. The molecule has 9 heteroatoms. The number of aryl methyl sites for hydroxylation is 1. The van der Waals surface area contributed by atoms with Crippen LogP contribution in [-0.4, -0.2) is 44.3 Å². The molecular weight excluding hydrogens is 505 g/mol. The number of carbonyl (C=O) groups excluding carboxylic acids is 2. The topological polar surface area (TPSA) is 86.8 Å². The molecule has 3 aromatic carbocycles. The van der Waals surface area contributed by atoms with Gasteiger partial charge < -0.3 is 10.2 Å². The summed E-state index contributed by atoms with van der Waals surface area (Å²) < 4.78 is 43.0. The van der Waals surface area contributed by atoms with E-state index in [0.717, 1.165) is 21.5 Å². The monoisotopic (exact) mass is 539 g/mol. The van der Waals surface area contributed by atoms with Gasteiger partial charge in [0.2, 0.25) is 11.8 Å². The summed E-state index contributed by atoms with van der Waals surface area (Å²) in [4.78, 5) is 28.1. The number of hydrogen-bond donors (Lipinski definition) is 1. The van der Waals surface area contributed by atoms with Crippen molar-refractivity contribution in [3.05, 3.63) is 95.8 Å². The fourth-order valence-electron chi connectivity index (χ4n) is 3.89. The third-order valence-corrected chi connectivity index (χ3v) is 7.96. The van der Waals surface area contributed by atoms with E-state index in [9.17, 15) is 22.4 Å². The number of amides is 2. The number of para-hydroxylation sites is 1. The lowest BCUT2D eigenvalue weighted by atomic mass is 10.1. The van der Waals surface area contributed by atoms with Gasteiger partial charge in [-0.2, -0.15) is 0 Å². The average Bonchev–Trinajstić information content (AvgIpc) is 2.90. The van der Waals surface area contributed by atoms with E-state index in [1.807, 2.05) is 45.0 Å². The number of halogens is 1. The highest BCUT2D eigenvalue weighted by Crippen LogP contribution is 2.27. The summed E-state index contributed by atoms with van der Waals surface area (Å²) in [6, 6.07) is 19.5. The molecule has 0 bridgehead atoms. The summed E-state index contributed by atoms with van der Waals surface area (Å²) in [5, 5.41) is 2.84. The second-order valence-electron chi connectivity index (χ2n) is 9.54. The summed E-state index contributed by atoms with van der Waals surface area (Å²) in [6.45, 7) is 7.24. The highest BCUT2D eigenvalue weighted by Gasteiger charge is 2.33. The molecule has 0 saturated heterocycles. The fourth-order valence-corrected chi connectivity index (χ4v) is 5.34. The Hall–Kier alpha value is -3.72. The van der Waals surface area contributed by atoms with E-state index >= 15 is 0 Å². The molecule has 0 aliphatic carbocycles. The summed E-state index contributed by atoms with van der Waals surface area (Å²) in [5.74, 6) is -1.57. The van der Waals surface area contributed by atoms with E-state index in [4.69, 9.17) is 0 Å². The van der Waals surface area contributed by atoms with Gasteiger partial charge in [0.15, 0.2) is 0 Å². The number of benzene rings is 3. The van der Waals surface area contributed by atoms with Crippen LogP contribution in [0.4, 0.5) is 10.1 Å². The highest BCUT2D eigenvalue weighted by molar-refractivity contribution is 7.92. The SMILES string of the molecule is Cc1ccccc1CN(C(=O)CN(c1ccccc1F)S(=O)(=O)c1ccccc1)C(C)C(=O)NCC(C)C. The maximum absolute atomic E-state index is 14.9. The summed E-state index contributed by atoms with van der Waals surface area (Å²) in [6.07, 6.45) is 0. The van der Waals surface area contributed by atoms with Gasteiger partial charge in [-0.05, 0) is 55.2 Å². The van der Waals surface area contributed by atoms with Crippen molar-refractivity contribution >= 4 is 27.5 Å². The zero-order valence-corrected chi connectivity index (χ0v) is 22.9. The van der Waals surface area contributed by atoms with Crippen molar-refractivity contribution in [2.45, 2.75) is 45.2 Å². The highest BCUT2D eigenvalue weighted by atomic mass is 32.2. The Labute approximate surface area is 224 Å². The number of carbonyl (C=O) groups is 2. The van der Waals surface area contributed by atoms with E-state index < -0.39 is 34.3 Å². The van der Waals surface area contributed by atoms with E-state index in [1.165, 1.54) is 35.2 Å². The zero-order chi connectivity index (χ0) is 27.9. The van der Waals surface area contributed by atoms with Gasteiger partial charge in [0.1, 0.15) is 18.4 Å². The number of nitrogens with one attached hydrogen (secondary N) is 1. The van der Waals surface area contributed by atoms with Crippen molar-refractivity contribution < 1.29 is 22.4 Å². The smallest absolute Gasteiger partial charge is 0.264 e. The molecule has 3 aromatic rings. The molecule has 2 amide bonds. The lowest BCUT2D eigenvalue weighted by molar-refractivity contribution is -0.139. The lowest BCUT2D eigenvalue weighted by Gasteiger charge is -2.32. The van der Waals surface area contributed by atoms with Crippen molar-refractivity contribution in [3.8, 4) is 0 Å². The van der Waals surface area contributed by atoms with Crippen LogP contribution in [0.5, 0.6) is 0 Å². The Morgan fingerprint density at radius 3 is 2.13 bits per heavy atom. The molecule has 0 aliphatic rings. The first-order chi connectivity index (χ1) is 18.0. The average molecular weight is 540 g/mol. The van der Waals surface area contributed by atoms with E-state index in [-0.39, 0.29) is 29.0 Å². The van der Waals surface area contributed by atoms with Gasteiger partial charge in [-0.15, -0.1) is 0 Å². The first-order valence-corrected chi connectivity index (χ1v) is 13.9. The third-order valence-electron chi connectivity index (χ3n) is 6.18. The van der Waals surface area contributed by atoms with Gasteiger partial charge in [0.25, 0.3) is 10.0 Å². The molecule has 0 saturated carbocycles. The minimum absolute atomic E-state index is 0.0794. The van der Waals surface area contributed by atoms with Crippen molar-refractivity contribution in [3.63, 3.8) is 0 Å². The van der Waals surface area contributed by atoms with Crippen molar-refractivity contribution in [1.29, 1.82) is 0 Å². The Balaban J connectivity index is 2.02. The Morgan fingerprint density at radius 2 is 1.50 bits per heavy atom. The number of hydrogen-bond acceptors (Lipinski definition) is 4. The molecule has 0 radical (unpaired) electrons. The van der Waals surface area contributed by atoms with Gasteiger partial charge in [-0.1, -0.05) is 68.4 Å². The quantitative estimate of drug-likeness (QED) is 0.388. The standard InChI is InChI=1S/C29H34FN3O4S/c1-21(2)18-31-29(35)23(4)32(19-24-13-9-8-12-22(24)3)28(34)20-33(27-17-11-10-16-26(27)30)38(36,37)25-14-6-5-7-15-25/h5-17,21,23H,18-20H2,1-4H3,(H,31,35). The normalized spacial score (nSPS) is 12.2. The molecule has 38 heavy (non-hydrogen) atoms. The van der Waals surface area contributed by atoms with Gasteiger partial charge in [0.05, 0.1) is 10.6 Å². The molecule has 0 spiro atoms. The minimum atomic E-state index is -4.31. The van der Waals surface area contributed by atoms with Crippen molar-refractivity contribution in [1.82, 2.24) is 10.2 Å². The van der Waals surface area contributed by atoms with Crippen LogP contribution in [-0.2, 0) is 26.2 Å². The molecule has 1 N–H and O–H groups in total. The van der Waals surface area contributed by atoms with Crippen LogP contribution in [0.25, 0.3) is 0 Å². The molecule has 1 atom stereocenters. The van der Waals surface area contributed by atoms with Crippen LogP contribution >= 0.6 is 0 Å². The van der Waals surface area contributed by atoms with Crippen LogP contribution in [0.2, 0.25) is 0 Å². The first kappa shape index (κ1) is 28.8. The Kier molecular flexibility index (Phi) is 9.63. The molecule has 1 unspecified atom stereocenters. The Bertz CT molecular complexity index is 1360. The third kappa shape index (κ3) is 6.98. The van der Waals surface area contributed by atoms with Crippen LogP contribution in [0.3, 0.4) is 0 Å². The molecule has 202 valence electrons. The molecule has 0 heterocycles. The van der Waals surface area contributed by atoms with Gasteiger partial charge in [-0.25, -0.2) is 12.8 Å². The van der Waals surface area contributed by atoms with Gasteiger partial charge in [0, 0.05) is 13.1 Å². The van der Waals surface area contributed by atoms with Crippen molar-refractivity contribution in [2.75, 3.05) is 17.4 Å². The van der Waals surface area contributed by atoms with E-state index in [2.05, 4.69) is 5.32 Å². The fraction of sp³-hybridized carbons (Fsp3) is 0.310. The minimum Gasteiger partial charge on any atom is -0.354 e. The molecule has 0 aromatic heterocycles. The summed E-state index contributed by atoms with van der Waals surface area (Å²) in [7, 11) is -4.31. The summed E-state index contributed by atoms with van der Waals surface area (Å²) in [5.41, 5.74) is 1.48. The second kappa shape index (κ2) is 12.7. The zero-order valence-electron chi connectivity index (χ0n) is 22.1. The lowest BCUT2D eigenvalue weighted by Crippen LogP contribution is -2.51. The number of sulfonamides is 1. The molecule has 7 nitrogen and oxygen atoms in total. The molecule has 0 aliphatic heterocycles. The maximum Gasteiger partial charge on any atom is 0.264 e.